The van der Waals surface area contributed by atoms with Gasteiger partial charge in [-0.3, -0.25) is 4.79 Å². The first kappa shape index (κ1) is 11.5. The first-order valence-corrected chi connectivity index (χ1v) is 5.24. The Labute approximate surface area is 103 Å². The minimum Gasteiger partial charge on any atom is -0.497 e. The number of hydrogen-bond donors (Lipinski definition) is 0. The van der Waals surface area contributed by atoms with Crippen LogP contribution in [0.3, 0.4) is 0 Å². The van der Waals surface area contributed by atoms with E-state index in [1.165, 1.54) is 4.57 Å². The van der Waals surface area contributed by atoms with Crippen molar-refractivity contribution in [2.45, 2.75) is 0 Å². The third-order valence-electron chi connectivity index (χ3n) is 2.65. The number of ether oxygens (including phenoxy) is 1. The predicted octanol–water partition coefficient (Wildman–Crippen LogP) is 2.07. The number of nitrogens with zero attached hydrogens (tertiary/aromatic N) is 2. The molecule has 0 N–H and O–H groups in total. The van der Waals surface area contributed by atoms with Gasteiger partial charge >= 0.3 is 0 Å². The maximum Gasteiger partial charge on any atom is 0.270 e. The second-order valence-electron chi connectivity index (χ2n) is 3.55. The second-order valence-corrected chi connectivity index (χ2v) is 3.93. The average molecular weight is 249 g/mol. The van der Waals surface area contributed by atoms with E-state index < -0.39 is 5.56 Å². The van der Waals surface area contributed by atoms with Crippen molar-refractivity contribution in [1.29, 1.82) is 5.26 Å². The summed E-state index contributed by atoms with van der Waals surface area (Å²) in [5.74, 6) is 0.633. The van der Waals surface area contributed by atoms with Gasteiger partial charge in [-0.25, -0.2) is 0 Å². The zero-order valence-corrected chi connectivity index (χ0v) is 10.1. The van der Waals surface area contributed by atoms with E-state index in [1.54, 1.807) is 32.4 Å². The molecule has 0 aliphatic carbocycles. The standard InChI is InChI=1S/C12H9ClN2O2/c1-15-10-5-7(17-2)3-4-8(10)11(13)9(6-14)12(15)16/h3-5H,1-2H3. The molecule has 0 fully saturated rings. The zero-order chi connectivity index (χ0) is 12.6. The number of hydrogen-bond acceptors (Lipinski definition) is 3. The molecule has 1 heterocycles. The maximum atomic E-state index is 11.8. The molecule has 4 nitrogen and oxygen atoms in total. The molecule has 2 rings (SSSR count). The molecule has 0 atom stereocenters. The van der Waals surface area contributed by atoms with Crippen molar-refractivity contribution in [2.75, 3.05) is 7.11 Å². The van der Waals surface area contributed by atoms with Gasteiger partial charge in [0.2, 0.25) is 0 Å². The van der Waals surface area contributed by atoms with E-state index in [9.17, 15) is 4.79 Å². The molecule has 0 bridgehead atoms. The molecule has 0 amide bonds. The van der Waals surface area contributed by atoms with Crippen LogP contribution in [-0.4, -0.2) is 11.7 Å². The van der Waals surface area contributed by atoms with Crippen LogP contribution >= 0.6 is 11.6 Å². The Morgan fingerprint density at radius 3 is 2.76 bits per heavy atom. The third-order valence-corrected chi connectivity index (χ3v) is 3.05. The Morgan fingerprint density at radius 2 is 2.18 bits per heavy atom. The van der Waals surface area contributed by atoms with Crippen molar-refractivity contribution >= 4 is 22.5 Å². The van der Waals surface area contributed by atoms with Crippen LogP contribution in [-0.2, 0) is 7.05 Å². The van der Waals surface area contributed by atoms with Crippen LogP contribution in [0.1, 0.15) is 5.56 Å². The topological polar surface area (TPSA) is 55.0 Å². The first-order chi connectivity index (χ1) is 8.10. The fourth-order valence-electron chi connectivity index (χ4n) is 1.70. The fourth-order valence-corrected chi connectivity index (χ4v) is 1.99. The lowest BCUT2D eigenvalue weighted by atomic mass is 10.1. The summed E-state index contributed by atoms with van der Waals surface area (Å²) in [5.41, 5.74) is 0.198. The van der Waals surface area contributed by atoms with Gasteiger partial charge in [0.25, 0.3) is 5.56 Å². The SMILES string of the molecule is COc1ccc2c(Cl)c(C#N)c(=O)n(C)c2c1. The highest BCUT2D eigenvalue weighted by Crippen LogP contribution is 2.27. The average Bonchev–Trinajstić information content (AvgIpc) is 2.36. The molecule has 17 heavy (non-hydrogen) atoms. The van der Waals surface area contributed by atoms with E-state index >= 15 is 0 Å². The third kappa shape index (κ3) is 1.65. The van der Waals surface area contributed by atoms with Gasteiger partial charge in [0, 0.05) is 18.5 Å². The molecule has 0 unspecified atom stereocenters. The van der Waals surface area contributed by atoms with Crippen LogP contribution in [0, 0.1) is 11.3 Å². The molecule has 1 aromatic heterocycles. The van der Waals surface area contributed by atoms with Gasteiger partial charge in [-0.1, -0.05) is 11.6 Å². The van der Waals surface area contributed by atoms with Crippen molar-refractivity contribution in [3.63, 3.8) is 0 Å². The van der Waals surface area contributed by atoms with Gasteiger partial charge in [0.05, 0.1) is 17.6 Å². The Morgan fingerprint density at radius 1 is 1.47 bits per heavy atom. The van der Waals surface area contributed by atoms with Crippen LogP contribution in [0.2, 0.25) is 5.02 Å². The molecular weight excluding hydrogens is 240 g/mol. The molecule has 0 aliphatic rings. The summed E-state index contributed by atoms with van der Waals surface area (Å²) in [6.07, 6.45) is 0. The van der Waals surface area contributed by atoms with Crippen LogP contribution in [0.4, 0.5) is 0 Å². The Bertz CT molecular complexity index is 698. The molecule has 0 spiro atoms. The molecular formula is C12H9ClN2O2. The lowest BCUT2D eigenvalue weighted by Crippen LogP contribution is -2.20. The quantitative estimate of drug-likeness (QED) is 0.776. The molecule has 86 valence electrons. The minimum atomic E-state index is -0.404. The highest BCUT2D eigenvalue weighted by molar-refractivity contribution is 6.36. The number of aromatic nitrogens is 1. The summed E-state index contributed by atoms with van der Waals surface area (Å²) in [6.45, 7) is 0. The Balaban J connectivity index is 2.99. The summed E-state index contributed by atoms with van der Waals surface area (Å²) >= 11 is 6.04. The smallest absolute Gasteiger partial charge is 0.270 e. The number of benzene rings is 1. The van der Waals surface area contributed by atoms with Crippen molar-refractivity contribution in [3.8, 4) is 11.8 Å². The molecule has 5 heteroatoms. The van der Waals surface area contributed by atoms with Gasteiger partial charge < -0.3 is 9.30 Å². The highest BCUT2D eigenvalue weighted by atomic mass is 35.5. The number of fused-ring (bicyclic) bond motifs is 1. The first-order valence-electron chi connectivity index (χ1n) is 4.86. The number of nitriles is 1. The second kappa shape index (κ2) is 4.11. The Kier molecular flexibility index (Phi) is 2.78. The van der Waals surface area contributed by atoms with Gasteiger partial charge in [-0.05, 0) is 12.1 Å². The van der Waals surface area contributed by atoms with E-state index in [4.69, 9.17) is 21.6 Å². The van der Waals surface area contributed by atoms with E-state index in [1.807, 2.05) is 6.07 Å². The van der Waals surface area contributed by atoms with E-state index in [0.717, 1.165) is 0 Å². The van der Waals surface area contributed by atoms with Crippen LogP contribution < -0.4 is 10.3 Å². The summed E-state index contributed by atoms with van der Waals surface area (Å²) in [4.78, 5) is 11.8. The largest absolute Gasteiger partial charge is 0.497 e. The van der Waals surface area contributed by atoms with E-state index in [0.29, 0.717) is 16.7 Å². The van der Waals surface area contributed by atoms with E-state index in [-0.39, 0.29) is 10.6 Å². The summed E-state index contributed by atoms with van der Waals surface area (Å²) in [7, 11) is 3.14. The zero-order valence-electron chi connectivity index (χ0n) is 9.32. The van der Waals surface area contributed by atoms with Crippen molar-refractivity contribution in [2.24, 2.45) is 7.05 Å². The van der Waals surface area contributed by atoms with Crippen LogP contribution in [0.5, 0.6) is 5.75 Å². The summed E-state index contributed by atoms with van der Waals surface area (Å²) in [5, 5.41) is 9.76. The molecule has 0 saturated carbocycles. The highest BCUT2D eigenvalue weighted by Gasteiger charge is 2.13. The molecule has 0 radical (unpaired) electrons. The lowest BCUT2D eigenvalue weighted by Gasteiger charge is -2.09. The lowest BCUT2D eigenvalue weighted by molar-refractivity contribution is 0.415. The fraction of sp³-hybridized carbons (Fsp3) is 0.167. The van der Waals surface area contributed by atoms with Crippen LogP contribution in [0.25, 0.3) is 10.9 Å². The van der Waals surface area contributed by atoms with Crippen molar-refractivity contribution in [1.82, 2.24) is 4.57 Å². The van der Waals surface area contributed by atoms with Gasteiger partial charge in [0.1, 0.15) is 17.4 Å². The summed E-state index contributed by atoms with van der Waals surface area (Å²) < 4.78 is 6.48. The predicted molar refractivity (Wildman–Crippen MR) is 65.5 cm³/mol. The molecule has 2 aromatic rings. The van der Waals surface area contributed by atoms with Crippen molar-refractivity contribution in [3.05, 3.63) is 39.1 Å². The molecule has 1 aromatic carbocycles. The maximum absolute atomic E-state index is 11.8. The Hall–Kier alpha value is -1.99. The van der Waals surface area contributed by atoms with Gasteiger partial charge in [-0.15, -0.1) is 0 Å². The van der Waals surface area contributed by atoms with Gasteiger partial charge in [-0.2, -0.15) is 5.26 Å². The molecule has 0 aliphatic heterocycles. The van der Waals surface area contributed by atoms with Crippen LogP contribution in [0.15, 0.2) is 23.0 Å². The monoisotopic (exact) mass is 248 g/mol. The van der Waals surface area contributed by atoms with Crippen molar-refractivity contribution < 1.29 is 4.74 Å². The number of aryl methyl sites for hydroxylation is 1. The normalized spacial score (nSPS) is 10.2. The van der Waals surface area contributed by atoms with Gasteiger partial charge in [0.15, 0.2) is 0 Å². The molecule has 0 saturated heterocycles. The number of methoxy groups -OCH3 is 1. The van der Waals surface area contributed by atoms with E-state index in [2.05, 4.69) is 0 Å². The summed E-state index contributed by atoms with van der Waals surface area (Å²) in [6, 6.07) is 7.01. The minimum absolute atomic E-state index is 0.0353. The number of pyridine rings is 1. The number of halogens is 1. The number of rotatable bonds is 1.